The smallest absolute Gasteiger partial charge is 0.325 e. The van der Waals surface area contributed by atoms with E-state index in [1.807, 2.05) is 13.0 Å². The maximum absolute atomic E-state index is 12.7. The molecule has 1 heterocycles. The van der Waals surface area contributed by atoms with Crippen LogP contribution in [0.25, 0.3) is 11.5 Å². The van der Waals surface area contributed by atoms with E-state index in [1.165, 1.54) is 11.2 Å². The number of amides is 1. The molecule has 1 aromatic carbocycles. The number of hydrogen-bond acceptors (Lipinski definition) is 6. The molecule has 0 saturated carbocycles. The van der Waals surface area contributed by atoms with Crippen molar-refractivity contribution in [2.75, 3.05) is 13.2 Å². The third kappa shape index (κ3) is 3.96. The van der Waals surface area contributed by atoms with Crippen LogP contribution in [-0.4, -0.2) is 41.4 Å². The Morgan fingerprint density at radius 3 is 2.69 bits per heavy atom. The topological polar surface area (TPSA) is 91.2 Å². The molecule has 0 fully saturated rings. The molecule has 8 heteroatoms. The van der Waals surface area contributed by atoms with Crippen molar-refractivity contribution < 1.29 is 19.4 Å². The van der Waals surface area contributed by atoms with Gasteiger partial charge in [0.15, 0.2) is 11.5 Å². The highest BCUT2D eigenvalue weighted by Gasteiger charge is 2.33. The number of esters is 1. The van der Waals surface area contributed by atoms with Crippen LogP contribution in [0.5, 0.6) is 0 Å². The summed E-state index contributed by atoms with van der Waals surface area (Å²) in [5.41, 5.74) is 1.81. The zero-order valence-electron chi connectivity index (χ0n) is 14.7. The van der Waals surface area contributed by atoms with Crippen molar-refractivity contribution in [3.8, 4) is 0 Å². The summed E-state index contributed by atoms with van der Waals surface area (Å²) in [6.45, 7) is 5.12. The lowest BCUT2D eigenvalue weighted by Gasteiger charge is -2.30. The van der Waals surface area contributed by atoms with Crippen LogP contribution in [-0.2, 0) is 14.3 Å². The molecule has 1 aromatic rings. The molecule has 1 aliphatic rings. The van der Waals surface area contributed by atoms with E-state index in [4.69, 9.17) is 4.74 Å². The molecule has 0 bridgehead atoms. The highest BCUT2D eigenvalue weighted by molar-refractivity contribution is 9.10. The molecule has 0 unspecified atom stereocenters. The molecule has 0 aromatic heterocycles. The van der Waals surface area contributed by atoms with Crippen molar-refractivity contribution in [1.82, 2.24) is 10.3 Å². The third-order valence-corrected chi connectivity index (χ3v) is 4.09. The Labute approximate surface area is 160 Å². The molecule has 2 N–H and O–H groups in total. The van der Waals surface area contributed by atoms with E-state index >= 15 is 0 Å². The number of nitrogens with one attached hydrogen (secondary N) is 1. The summed E-state index contributed by atoms with van der Waals surface area (Å²) in [6.07, 6.45) is 3.31. The van der Waals surface area contributed by atoms with Gasteiger partial charge in [0.25, 0.3) is 5.91 Å². The van der Waals surface area contributed by atoms with Crippen molar-refractivity contribution in [3.05, 3.63) is 45.6 Å². The predicted octanol–water partition coefficient (Wildman–Crippen LogP) is 3.04. The molecule has 0 atom stereocenters. The van der Waals surface area contributed by atoms with E-state index in [9.17, 15) is 14.7 Å². The van der Waals surface area contributed by atoms with Crippen LogP contribution in [0, 0.1) is 0 Å². The Bertz CT molecular complexity index is 815. The maximum atomic E-state index is 12.7. The van der Waals surface area contributed by atoms with Crippen LogP contribution in [0.4, 0.5) is 0 Å². The summed E-state index contributed by atoms with van der Waals surface area (Å²) >= 11 is 3.41. The minimum atomic E-state index is -0.630. The first-order valence-corrected chi connectivity index (χ1v) is 8.86. The lowest BCUT2D eigenvalue weighted by Crippen LogP contribution is -2.38. The van der Waals surface area contributed by atoms with Gasteiger partial charge in [0.1, 0.15) is 6.54 Å². The fourth-order valence-electron chi connectivity index (χ4n) is 2.56. The predicted molar refractivity (Wildman–Crippen MR) is 103 cm³/mol. The molecule has 0 saturated heterocycles. The molecule has 7 nitrogen and oxygen atoms in total. The van der Waals surface area contributed by atoms with Gasteiger partial charge in [0.2, 0.25) is 0 Å². The zero-order chi connectivity index (χ0) is 19.3. The van der Waals surface area contributed by atoms with Gasteiger partial charge in [0.05, 0.1) is 12.3 Å². The number of carbonyl (C=O) groups excluding carboxylic acids is 2. The Hall–Kier alpha value is -2.61. The molecule has 1 amide bonds. The lowest BCUT2D eigenvalue weighted by atomic mass is 9.97. The number of rotatable bonds is 5. The fraction of sp³-hybridized carbons (Fsp3) is 0.278. The van der Waals surface area contributed by atoms with Crippen LogP contribution < -0.4 is 5.32 Å². The molecule has 2 rings (SSSR count). The quantitative estimate of drug-likeness (QED) is 0.562. The van der Waals surface area contributed by atoms with Crippen molar-refractivity contribution in [2.24, 2.45) is 5.10 Å². The number of halogens is 1. The first kappa shape index (κ1) is 19.7. The molecule has 0 spiro atoms. The monoisotopic (exact) mass is 421 g/mol. The molecule has 138 valence electrons. The number of hydrogen-bond donors (Lipinski definition) is 2. The normalized spacial score (nSPS) is 15.4. The summed E-state index contributed by atoms with van der Waals surface area (Å²) in [7, 11) is 0. The molecule has 0 aliphatic carbocycles. The Kier molecular flexibility index (Phi) is 6.57. The summed E-state index contributed by atoms with van der Waals surface area (Å²) < 4.78 is 5.63. The van der Waals surface area contributed by atoms with E-state index in [0.29, 0.717) is 11.3 Å². The number of carbonyl (C=O) groups is 2. The van der Waals surface area contributed by atoms with E-state index < -0.39 is 11.9 Å². The van der Waals surface area contributed by atoms with Crippen LogP contribution in [0.15, 0.2) is 39.5 Å². The van der Waals surface area contributed by atoms with E-state index in [0.717, 1.165) is 10.0 Å². The number of benzene rings is 1. The van der Waals surface area contributed by atoms with E-state index in [2.05, 4.69) is 26.3 Å². The number of aliphatic hydroxyl groups is 1. The minimum Gasteiger partial charge on any atom is -0.505 e. The van der Waals surface area contributed by atoms with Crippen molar-refractivity contribution in [2.45, 2.75) is 20.8 Å². The molecule has 26 heavy (non-hydrogen) atoms. The van der Waals surface area contributed by atoms with Crippen molar-refractivity contribution in [1.29, 1.82) is 0 Å². The first-order valence-electron chi connectivity index (χ1n) is 8.06. The Morgan fingerprint density at radius 2 is 2.08 bits per heavy atom. The summed E-state index contributed by atoms with van der Waals surface area (Å²) in [6, 6.07) is 5.32. The highest BCUT2D eigenvalue weighted by atomic mass is 79.9. The average molecular weight is 422 g/mol. The van der Waals surface area contributed by atoms with Crippen molar-refractivity contribution >= 4 is 45.5 Å². The largest absolute Gasteiger partial charge is 0.505 e. The van der Waals surface area contributed by atoms with Gasteiger partial charge < -0.3 is 15.2 Å². The summed E-state index contributed by atoms with van der Waals surface area (Å²) in [5, 5.41) is 18.7. The molecular weight excluding hydrogens is 402 g/mol. The zero-order valence-corrected chi connectivity index (χ0v) is 16.3. The van der Waals surface area contributed by atoms with Crippen LogP contribution in [0.2, 0.25) is 0 Å². The lowest BCUT2D eigenvalue weighted by molar-refractivity contribution is -0.143. The highest BCUT2D eigenvalue weighted by Crippen LogP contribution is 2.38. The number of aliphatic hydroxyl groups excluding tert-OH is 1. The maximum Gasteiger partial charge on any atom is 0.325 e. The first-order chi connectivity index (χ1) is 12.4. The van der Waals surface area contributed by atoms with Crippen LogP contribution in [0.3, 0.4) is 0 Å². The SMILES string of the molecule is CC=C1c2cc(Br)ccc2C(O)=C(C(=O)NCC(=O)OCC)N1/N=C\C. The van der Waals surface area contributed by atoms with Gasteiger partial charge in [-0.2, -0.15) is 5.10 Å². The third-order valence-electron chi connectivity index (χ3n) is 3.60. The number of nitrogens with zero attached hydrogens (tertiary/aromatic N) is 2. The second-order valence-corrected chi connectivity index (χ2v) is 6.15. The van der Waals surface area contributed by atoms with Gasteiger partial charge in [-0.3, -0.25) is 9.59 Å². The van der Waals surface area contributed by atoms with Gasteiger partial charge in [0, 0.05) is 21.8 Å². The molecule has 0 radical (unpaired) electrons. The average Bonchev–Trinajstić information content (AvgIpc) is 2.60. The van der Waals surface area contributed by atoms with Gasteiger partial charge in [-0.1, -0.05) is 22.0 Å². The summed E-state index contributed by atoms with van der Waals surface area (Å²) in [4.78, 5) is 24.2. The van der Waals surface area contributed by atoms with Crippen molar-refractivity contribution in [3.63, 3.8) is 0 Å². The minimum absolute atomic E-state index is 0.0599. The number of hydrazone groups is 1. The van der Waals surface area contributed by atoms with Crippen LogP contribution in [0.1, 0.15) is 31.9 Å². The fourth-order valence-corrected chi connectivity index (χ4v) is 2.92. The van der Waals surface area contributed by atoms with Gasteiger partial charge in [-0.05, 0) is 39.0 Å². The molecular formula is C18H20BrN3O4. The summed E-state index contributed by atoms with van der Waals surface area (Å²) in [5.74, 6) is -1.41. The second-order valence-electron chi connectivity index (χ2n) is 5.23. The standard InChI is InChI=1S/C18H20BrN3O4/c1-4-14-13-9-11(19)7-8-12(13)17(24)16(22(14)21-5-2)18(25)20-10-15(23)26-6-3/h4-5,7-9,24H,6,10H2,1-3H3,(H,20,25)/b14-4?,21-5-. The number of fused-ring (bicyclic) bond motifs is 1. The molecule has 1 aliphatic heterocycles. The van der Waals surface area contributed by atoms with Gasteiger partial charge >= 0.3 is 5.97 Å². The second kappa shape index (κ2) is 8.66. The van der Waals surface area contributed by atoms with Gasteiger partial charge in [-0.25, -0.2) is 5.01 Å². The Balaban J connectivity index is 2.49. The number of ether oxygens (including phenoxy) is 1. The van der Waals surface area contributed by atoms with E-state index in [-0.39, 0.29) is 24.6 Å². The Morgan fingerprint density at radius 1 is 1.35 bits per heavy atom. The number of allylic oxidation sites excluding steroid dienone is 1. The van der Waals surface area contributed by atoms with Gasteiger partial charge in [-0.15, -0.1) is 0 Å². The van der Waals surface area contributed by atoms with Crippen LogP contribution >= 0.6 is 15.9 Å². The van der Waals surface area contributed by atoms with E-state index in [1.54, 1.807) is 32.1 Å².